The van der Waals surface area contributed by atoms with Crippen molar-refractivity contribution >= 4 is 33.2 Å². The Hall–Kier alpha value is -2.15. The molecule has 0 unspecified atom stereocenters. The van der Waals surface area contributed by atoms with Gasteiger partial charge in [-0.05, 0) is 42.3 Å². The van der Waals surface area contributed by atoms with Crippen molar-refractivity contribution in [2.75, 3.05) is 38.8 Å². The standard InChI is InChI=1S/C23H24BrClF3N3O2/c1-32-21-9-16(19(24)11-22(21)33-2)13-31(17-4-3-15(12-29)20(25)10-17)18-5-7-30(14-18)8-6-23(26,27)28/h3-4,9-11,18H,5-8,13-14H2,1-2H3/t18-/m0/s1. The second-order valence-corrected chi connectivity index (χ2v) is 9.07. The van der Waals surface area contributed by atoms with Crippen LogP contribution >= 0.6 is 27.5 Å². The molecule has 0 aromatic heterocycles. The Morgan fingerprint density at radius 1 is 1.21 bits per heavy atom. The van der Waals surface area contributed by atoms with Crippen molar-refractivity contribution in [3.63, 3.8) is 0 Å². The lowest BCUT2D eigenvalue weighted by Gasteiger charge is -2.32. The molecule has 10 heteroatoms. The molecule has 0 bridgehead atoms. The first-order valence-corrected chi connectivity index (χ1v) is 11.5. The molecule has 2 aromatic carbocycles. The van der Waals surface area contributed by atoms with E-state index >= 15 is 0 Å². The van der Waals surface area contributed by atoms with Crippen LogP contribution in [0.15, 0.2) is 34.8 Å². The average molecular weight is 547 g/mol. The summed E-state index contributed by atoms with van der Waals surface area (Å²) in [5.74, 6) is 1.16. The maximum absolute atomic E-state index is 12.7. The van der Waals surface area contributed by atoms with Gasteiger partial charge in [0.1, 0.15) is 6.07 Å². The number of anilines is 1. The van der Waals surface area contributed by atoms with E-state index in [1.807, 2.05) is 23.1 Å². The van der Waals surface area contributed by atoms with Gasteiger partial charge < -0.3 is 19.3 Å². The number of alkyl halides is 3. The minimum Gasteiger partial charge on any atom is -0.493 e. The fourth-order valence-electron chi connectivity index (χ4n) is 3.96. The Balaban J connectivity index is 1.91. The van der Waals surface area contributed by atoms with Crippen LogP contribution in [0.1, 0.15) is 24.0 Å². The summed E-state index contributed by atoms with van der Waals surface area (Å²) in [5.41, 5.74) is 2.08. The smallest absolute Gasteiger partial charge is 0.390 e. The Morgan fingerprint density at radius 2 is 1.91 bits per heavy atom. The molecule has 0 saturated carbocycles. The van der Waals surface area contributed by atoms with Crippen LogP contribution in [-0.2, 0) is 6.54 Å². The van der Waals surface area contributed by atoms with E-state index in [4.69, 9.17) is 21.1 Å². The van der Waals surface area contributed by atoms with Crippen LogP contribution in [0.3, 0.4) is 0 Å². The quantitative estimate of drug-likeness (QED) is 0.405. The minimum absolute atomic E-state index is 0.0257. The summed E-state index contributed by atoms with van der Waals surface area (Å²) in [6.07, 6.45) is -4.30. The summed E-state index contributed by atoms with van der Waals surface area (Å²) >= 11 is 9.89. The molecule has 0 N–H and O–H groups in total. The second kappa shape index (κ2) is 10.9. The van der Waals surface area contributed by atoms with Gasteiger partial charge in [0.2, 0.25) is 0 Å². The van der Waals surface area contributed by atoms with Crippen molar-refractivity contribution in [1.29, 1.82) is 5.26 Å². The Labute approximate surface area is 204 Å². The monoisotopic (exact) mass is 545 g/mol. The van der Waals surface area contributed by atoms with Crippen molar-refractivity contribution in [1.82, 2.24) is 4.90 Å². The molecule has 5 nitrogen and oxygen atoms in total. The molecule has 1 aliphatic heterocycles. The highest BCUT2D eigenvalue weighted by Gasteiger charge is 2.33. The summed E-state index contributed by atoms with van der Waals surface area (Å²) in [5, 5.41) is 9.55. The minimum atomic E-state index is -4.18. The number of methoxy groups -OCH3 is 2. The molecule has 3 rings (SSSR count). The molecule has 1 atom stereocenters. The molecular formula is C23H24BrClF3N3O2. The maximum Gasteiger partial charge on any atom is 0.390 e. The van der Waals surface area contributed by atoms with Gasteiger partial charge in [-0.1, -0.05) is 27.5 Å². The number of likely N-dealkylation sites (tertiary alicyclic amines) is 1. The number of benzene rings is 2. The molecule has 0 radical (unpaired) electrons. The Bertz CT molecular complexity index is 1030. The van der Waals surface area contributed by atoms with Crippen molar-refractivity contribution in [3.05, 3.63) is 51.0 Å². The SMILES string of the molecule is COc1cc(Br)c(CN(c2ccc(C#N)c(Cl)c2)[C@H]2CCN(CCC(F)(F)F)C2)cc1OC. The fourth-order valence-corrected chi connectivity index (χ4v) is 4.62. The summed E-state index contributed by atoms with van der Waals surface area (Å²) in [6.45, 7) is 1.51. The van der Waals surface area contributed by atoms with Crippen LogP contribution in [0.5, 0.6) is 11.5 Å². The zero-order valence-electron chi connectivity index (χ0n) is 18.3. The van der Waals surface area contributed by atoms with E-state index in [1.54, 1.807) is 26.4 Å². The van der Waals surface area contributed by atoms with E-state index in [1.165, 1.54) is 0 Å². The lowest BCUT2D eigenvalue weighted by molar-refractivity contribution is -0.137. The molecule has 178 valence electrons. The molecule has 2 aromatic rings. The Kier molecular flexibility index (Phi) is 8.38. The van der Waals surface area contributed by atoms with Crippen molar-refractivity contribution in [2.45, 2.75) is 31.6 Å². The van der Waals surface area contributed by atoms with Crippen LogP contribution in [0.2, 0.25) is 5.02 Å². The van der Waals surface area contributed by atoms with Crippen LogP contribution in [-0.4, -0.2) is 51.0 Å². The molecule has 1 saturated heterocycles. The van der Waals surface area contributed by atoms with Crippen LogP contribution in [0.4, 0.5) is 18.9 Å². The lowest BCUT2D eigenvalue weighted by atomic mass is 10.1. The summed E-state index contributed by atoms with van der Waals surface area (Å²) in [7, 11) is 3.12. The highest BCUT2D eigenvalue weighted by molar-refractivity contribution is 9.10. The fraction of sp³-hybridized carbons (Fsp3) is 0.435. The van der Waals surface area contributed by atoms with E-state index in [9.17, 15) is 18.4 Å². The number of hydrogen-bond acceptors (Lipinski definition) is 5. The van der Waals surface area contributed by atoms with Crippen molar-refractivity contribution < 1.29 is 22.6 Å². The van der Waals surface area contributed by atoms with E-state index in [0.29, 0.717) is 48.1 Å². The van der Waals surface area contributed by atoms with Gasteiger partial charge in [0.25, 0.3) is 0 Å². The topological polar surface area (TPSA) is 48.7 Å². The third kappa shape index (κ3) is 6.46. The zero-order valence-corrected chi connectivity index (χ0v) is 20.6. The number of hydrogen-bond donors (Lipinski definition) is 0. The first-order valence-electron chi connectivity index (χ1n) is 10.3. The number of nitrogens with zero attached hydrogens (tertiary/aromatic N) is 3. The predicted molar refractivity (Wildman–Crippen MR) is 125 cm³/mol. The van der Waals surface area contributed by atoms with E-state index < -0.39 is 12.6 Å². The van der Waals surface area contributed by atoms with E-state index in [0.717, 1.165) is 15.7 Å². The number of rotatable bonds is 8. The number of nitriles is 1. The van der Waals surface area contributed by atoms with Crippen LogP contribution in [0, 0.1) is 11.3 Å². The molecular weight excluding hydrogens is 523 g/mol. The molecule has 0 amide bonds. The highest BCUT2D eigenvalue weighted by atomic mass is 79.9. The van der Waals surface area contributed by atoms with Gasteiger partial charge in [0.15, 0.2) is 11.5 Å². The van der Waals surface area contributed by atoms with Gasteiger partial charge in [0, 0.05) is 42.4 Å². The van der Waals surface area contributed by atoms with Crippen molar-refractivity contribution in [2.24, 2.45) is 0 Å². The second-order valence-electron chi connectivity index (χ2n) is 7.81. The first kappa shape index (κ1) is 25.5. The summed E-state index contributed by atoms with van der Waals surface area (Å²) < 4.78 is 49.7. The molecule has 1 aliphatic rings. The van der Waals surface area contributed by atoms with Gasteiger partial charge in [-0.15, -0.1) is 0 Å². The van der Waals surface area contributed by atoms with Crippen LogP contribution in [0.25, 0.3) is 0 Å². The van der Waals surface area contributed by atoms with E-state index in [-0.39, 0.29) is 12.6 Å². The maximum atomic E-state index is 12.7. The molecule has 0 spiro atoms. The number of ether oxygens (including phenoxy) is 2. The zero-order chi connectivity index (χ0) is 24.2. The number of halogens is 5. The molecule has 33 heavy (non-hydrogen) atoms. The lowest BCUT2D eigenvalue weighted by Crippen LogP contribution is -2.38. The average Bonchev–Trinajstić information content (AvgIpc) is 3.25. The van der Waals surface area contributed by atoms with Crippen LogP contribution < -0.4 is 14.4 Å². The molecule has 0 aliphatic carbocycles. The summed E-state index contributed by atoms with van der Waals surface area (Å²) in [6, 6.07) is 10.9. The third-order valence-electron chi connectivity index (χ3n) is 5.70. The van der Waals surface area contributed by atoms with Gasteiger partial charge in [0.05, 0.1) is 31.2 Å². The summed E-state index contributed by atoms with van der Waals surface area (Å²) in [4.78, 5) is 3.95. The van der Waals surface area contributed by atoms with Gasteiger partial charge >= 0.3 is 6.18 Å². The highest BCUT2D eigenvalue weighted by Crippen LogP contribution is 2.36. The Morgan fingerprint density at radius 3 is 2.52 bits per heavy atom. The molecule has 1 heterocycles. The predicted octanol–water partition coefficient (Wildman–Crippen LogP) is 6.02. The largest absolute Gasteiger partial charge is 0.493 e. The van der Waals surface area contributed by atoms with Crippen molar-refractivity contribution in [3.8, 4) is 17.6 Å². The van der Waals surface area contributed by atoms with Gasteiger partial charge in [-0.25, -0.2) is 0 Å². The van der Waals surface area contributed by atoms with Gasteiger partial charge in [-0.2, -0.15) is 18.4 Å². The third-order valence-corrected chi connectivity index (χ3v) is 6.75. The van der Waals surface area contributed by atoms with E-state index in [2.05, 4.69) is 26.9 Å². The van der Waals surface area contributed by atoms with Gasteiger partial charge in [-0.3, -0.25) is 0 Å². The normalized spacial score (nSPS) is 16.5. The molecule has 1 fully saturated rings. The first-order chi connectivity index (χ1) is 15.6.